The number of halogens is 3. The molecule has 0 bridgehead atoms. The van der Waals surface area contributed by atoms with Crippen LogP contribution in [0.1, 0.15) is 11.1 Å². The van der Waals surface area contributed by atoms with Crippen molar-refractivity contribution < 1.29 is 14.0 Å². The Morgan fingerprint density at radius 3 is 2.50 bits per heavy atom. The number of imide groups is 1. The molecule has 2 amide bonds. The third-order valence-electron chi connectivity index (χ3n) is 3.40. The lowest BCUT2D eigenvalue weighted by Crippen LogP contribution is -2.27. The Bertz CT molecular complexity index is 852. The summed E-state index contributed by atoms with van der Waals surface area (Å²) in [6.45, 7) is 0.0889. The van der Waals surface area contributed by atoms with Crippen molar-refractivity contribution in [2.24, 2.45) is 0 Å². The van der Waals surface area contributed by atoms with Crippen LogP contribution in [0.5, 0.6) is 0 Å². The molecule has 2 aromatic rings. The van der Waals surface area contributed by atoms with Crippen LogP contribution < -0.4 is 0 Å². The normalized spacial score (nSPS) is 16.3. The molecule has 1 heterocycles. The van der Waals surface area contributed by atoms with Crippen molar-refractivity contribution in [2.45, 2.75) is 6.54 Å². The van der Waals surface area contributed by atoms with Gasteiger partial charge in [-0.2, -0.15) is 0 Å². The number of hydrogen-bond acceptors (Lipinski definition) is 3. The lowest BCUT2D eigenvalue weighted by atomic mass is 10.2. The van der Waals surface area contributed by atoms with Crippen LogP contribution in [0, 0.1) is 5.82 Å². The number of amides is 2. The van der Waals surface area contributed by atoms with Crippen molar-refractivity contribution >= 4 is 52.2 Å². The molecule has 0 radical (unpaired) electrons. The molecule has 3 nitrogen and oxygen atoms in total. The first-order valence-corrected chi connectivity index (χ1v) is 8.47. The molecule has 0 saturated carbocycles. The maximum Gasteiger partial charge on any atom is 0.293 e. The summed E-state index contributed by atoms with van der Waals surface area (Å²) in [7, 11) is 0. The van der Waals surface area contributed by atoms with Crippen LogP contribution in [0.4, 0.5) is 9.18 Å². The maximum atomic E-state index is 12.9. The molecule has 2 aromatic carbocycles. The van der Waals surface area contributed by atoms with E-state index >= 15 is 0 Å². The van der Waals surface area contributed by atoms with E-state index in [1.807, 2.05) is 0 Å². The van der Waals surface area contributed by atoms with Gasteiger partial charge in [0.2, 0.25) is 0 Å². The first-order valence-electron chi connectivity index (χ1n) is 6.89. The first-order chi connectivity index (χ1) is 11.5. The van der Waals surface area contributed by atoms with Gasteiger partial charge < -0.3 is 0 Å². The minimum absolute atomic E-state index is 0.0889. The first kappa shape index (κ1) is 17.0. The standard InChI is InChI=1S/C17H10Cl2FNO2S/c18-13-3-1-2-11(15(13)19)8-14-16(22)21(17(23)24-14)9-10-4-6-12(20)7-5-10/h1-8H,9H2/b14-8+. The summed E-state index contributed by atoms with van der Waals surface area (Å²) in [5, 5.41) is 0.314. The van der Waals surface area contributed by atoms with Gasteiger partial charge >= 0.3 is 0 Å². The van der Waals surface area contributed by atoms with Crippen molar-refractivity contribution in [3.05, 3.63) is 74.4 Å². The van der Waals surface area contributed by atoms with Gasteiger partial charge in [0.25, 0.3) is 11.1 Å². The van der Waals surface area contributed by atoms with Crippen LogP contribution >= 0.6 is 35.0 Å². The molecule has 24 heavy (non-hydrogen) atoms. The zero-order chi connectivity index (χ0) is 17.3. The van der Waals surface area contributed by atoms with Crippen molar-refractivity contribution in [3.8, 4) is 0 Å². The Kier molecular flexibility index (Phi) is 4.94. The summed E-state index contributed by atoms with van der Waals surface area (Å²) in [4.78, 5) is 25.9. The van der Waals surface area contributed by atoms with E-state index in [1.165, 1.54) is 24.3 Å². The van der Waals surface area contributed by atoms with Crippen LogP contribution in [0.2, 0.25) is 10.0 Å². The monoisotopic (exact) mass is 381 g/mol. The number of carbonyl (C=O) groups is 2. The second-order valence-corrected chi connectivity index (χ2v) is 6.82. The zero-order valence-corrected chi connectivity index (χ0v) is 14.5. The van der Waals surface area contributed by atoms with E-state index in [0.29, 0.717) is 21.2 Å². The van der Waals surface area contributed by atoms with Crippen LogP contribution in [-0.2, 0) is 11.3 Å². The Morgan fingerprint density at radius 1 is 1.08 bits per heavy atom. The molecule has 122 valence electrons. The van der Waals surface area contributed by atoms with Crippen molar-refractivity contribution in [2.75, 3.05) is 0 Å². The Hall–Kier alpha value is -1.82. The third kappa shape index (κ3) is 3.48. The molecular weight excluding hydrogens is 372 g/mol. The van der Waals surface area contributed by atoms with Gasteiger partial charge in [-0.25, -0.2) is 4.39 Å². The fourth-order valence-electron chi connectivity index (χ4n) is 2.18. The highest BCUT2D eigenvalue weighted by Crippen LogP contribution is 2.35. The summed E-state index contributed by atoms with van der Waals surface area (Å²) >= 11 is 12.9. The lowest BCUT2D eigenvalue weighted by molar-refractivity contribution is -0.123. The van der Waals surface area contributed by atoms with E-state index in [4.69, 9.17) is 23.2 Å². The van der Waals surface area contributed by atoms with Gasteiger partial charge in [-0.15, -0.1) is 0 Å². The number of thioether (sulfide) groups is 1. The molecule has 1 fully saturated rings. The largest absolute Gasteiger partial charge is 0.293 e. The number of carbonyl (C=O) groups excluding carboxylic acids is 2. The highest BCUT2D eigenvalue weighted by atomic mass is 35.5. The molecule has 1 saturated heterocycles. The molecule has 1 aliphatic rings. The summed E-state index contributed by atoms with van der Waals surface area (Å²) in [6.07, 6.45) is 1.55. The van der Waals surface area contributed by atoms with E-state index < -0.39 is 5.91 Å². The number of nitrogens with zero attached hydrogens (tertiary/aromatic N) is 1. The summed E-state index contributed by atoms with van der Waals surface area (Å²) in [5.41, 5.74) is 1.23. The van der Waals surface area contributed by atoms with Crippen LogP contribution in [0.25, 0.3) is 6.08 Å². The highest BCUT2D eigenvalue weighted by molar-refractivity contribution is 8.18. The summed E-state index contributed by atoms with van der Waals surface area (Å²) in [5.74, 6) is -0.784. The third-order valence-corrected chi connectivity index (χ3v) is 5.14. The van der Waals surface area contributed by atoms with Gasteiger partial charge in [0.05, 0.1) is 21.5 Å². The minimum Gasteiger partial charge on any atom is -0.268 e. The van der Waals surface area contributed by atoms with Gasteiger partial charge in [0.15, 0.2) is 0 Å². The van der Waals surface area contributed by atoms with E-state index in [9.17, 15) is 14.0 Å². The molecule has 0 spiro atoms. The topological polar surface area (TPSA) is 37.4 Å². The molecule has 0 N–H and O–H groups in total. The SMILES string of the molecule is O=C1S/C(=C/c2cccc(Cl)c2Cl)C(=O)N1Cc1ccc(F)cc1. The van der Waals surface area contributed by atoms with Crippen molar-refractivity contribution in [3.63, 3.8) is 0 Å². The predicted octanol–water partition coefficient (Wildman–Crippen LogP) is 5.37. The average molecular weight is 382 g/mol. The van der Waals surface area contributed by atoms with Crippen LogP contribution in [0.15, 0.2) is 47.4 Å². The molecular formula is C17H10Cl2FNO2S. The summed E-state index contributed by atoms with van der Waals surface area (Å²) in [6, 6.07) is 10.7. The zero-order valence-electron chi connectivity index (χ0n) is 12.1. The fourth-order valence-corrected chi connectivity index (χ4v) is 3.37. The van der Waals surface area contributed by atoms with Gasteiger partial charge in [0, 0.05) is 0 Å². The van der Waals surface area contributed by atoms with E-state index in [2.05, 4.69) is 0 Å². The smallest absolute Gasteiger partial charge is 0.268 e. The number of benzene rings is 2. The minimum atomic E-state index is -0.412. The maximum absolute atomic E-state index is 12.9. The highest BCUT2D eigenvalue weighted by Gasteiger charge is 2.35. The van der Waals surface area contributed by atoms with E-state index in [-0.39, 0.29) is 22.5 Å². The van der Waals surface area contributed by atoms with Gasteiger partial charge in [-0.3, -0.25) is 14.5 Å². The average Bonchev–Trinajstić information content (AvgIpc) is 2.81. The summed E-state index contributed by atoms with van der Waals surface area (Å²) < 4.78 is 12.9. The predicted molar refractivity (Wildman–Crippen MR) is 94.4 cm³/mol. The molecule has 7 heteroatoms. The Morgan fingerprint density at radius 2 is 1.79 bits per heavy atom. The Labute approximate surface area is 152 Å². The van der Waals surface area contributed by atoms with Crippen LogP contribution in [-0.4, -0.2) is 16.0 Å². The Balaban J connectivity index is 1.84. The lowest BCUT2D eigenvalue weighted by Gasteiger charge is -2.12. The second kappa shape index (κ2) is 6.97. The fraction of sp³-hybridized carbons (Fsp3) is 0.0588. The molecule has 0 aromatic heterocycles. The van der Waals surface area contributed by atoms with E-state index in [1.54, 1.807) is 24.3 Å². The molecule has 1 aliphatic heterocycles. The van der Waals surface area contributed by atoms with Crippen molar-refractivity contribution in [1.29, 1.82) is 0 Å². The second-order valence-electron chi connectivity index (χ2n) is 5.04. The van der Waals surface area contributed by atoms with Crippen LogP contribution in [0.3, 0.4) is 0 Å². The van der Waals surface area contributed by atoms with Crippen molar-refractivity contribution in [1.82, 2.24) is 4.90 Å². The number of rotatable bonds is 3. The quantitative estimate of drug-likeness (QED) is 0.670. The van der Waals surface area contributed by atoms with E-state index in [0.717, 1.165) is 16.7 Å². The van der Waals surface area contributed by atoms with Gasteiger partial charge in [-0.1, -0.05) is 47.5 Å². The van der Waals surface area contributed by atoms with Gasteiger partial charge in [-0.05, 0) is 47.2 Å². The molecule has 3 rings (SSSR count). The number of hydrogen-bond donors (Lipinski definition) is 0. The molecule has 0 unspecified atom stereocenters. The molecule has 0 atom stereocenters. The molecule has 0 aliphatic carbocycles. The van der Waals surface area contributed by atoms with Gasteiger partial charge in [0.1, 0.15) is 5.82 Å².